The van der Waals surface area contributed by atoms with Crippen LogP contribution in [0.2, 0.25) is 5.02 Å². The van der Waals surface area contributed by atoms with Gasteiger partial charge >= 0.3 is 5.97 Å². The molecular formula is C26H28ClN3O5. The first-order chi connectivity index (χ1) is 16.8. The lowest BCUT2D eigenvalue weighted by molar-refractivity contribution is -0.146. The van der Waals surface area contributed by atoms with Crippen LogP contribution in [-0.2, 0) is 14.3 Å². The predicted molar refractivity (Wildman–Crippen MR) is 135 cm³/mol. The number of carboxylic acid groups (broad SMARTS) is 1. The number of halogens is 1. The fraction of sp³-hybridized carbons (Fsp3) is 0.346. The van der Waals surface area contributed by atoms with Gasteiger partial charge in [-0.25, -0.2) is 0 Å². The number of hydrogen-bond acceptors (Lipinski definition) is 5. The molecule has 4 rings (SSSR count). The van der Waals surface area contributed by atoms with E-state index in [0.29, 0.717) is 61.1 Å². The van der Waals surface area contributed by atoms with E-state index in [0.717, 1.165) is 11.3 Å². The zero-order valence-corrected chi connectivity index (χ0v) is 20.2. The highest BCUT2D eigenvalue weighted by Crippen LogP contribution is 2.30. The number of aryl methyl sites for hydroxylation is 1. The van der Waals surface area contributed by atoms with Gasteiger partial charge in [-0.15, -0.1) is 0 Å². The molecule has 1 heterocycles. The van der Waals surface area contributed by atoms with Gasteiger partial charge in [0, 0.05) is 35.2 Å². The third-order valence-corrected chi connectivity index (χ3v) is 6.78. The topological polar surface area (TPSA) is 108 Å². The van der Waals surface area contributed by atoms with Gasteiger partial charge in [0.1, 0.15) is 0 Å². The van der Waals surface area contributed by atoms with Crippen LogP contribution < -0.4 is 15.5 Å². The van der Waals surface area contributed by atoms with E-state index in [1.807, 2.05) is 19.1 Å². The molecule has 2 aliphatic rings. The Morgan fingerprint density at radius 1 is 0.971 bits per heavy atom. The van der Waals surface area contributed by atoms with Crippen LogP contribution in [0.3, 0.4) is 0 Å². The van der Waals surface area contributed by atoms with Crippen LogP contribution in [0.1, 0.15) is 28.8 Å². The number of ether oxygens (including phenoxy) is 1. The second kappa shape index (κ2) is 10.9. The lowest BCUT2D eigenvalue weighted by Gasteiger charge is -2.30. The number of carbonyl (C=O) groups excluding carboxylic acids is 2. The standard InChI is InChI=1S/C26H28ClN3O5/c1-16-6-7-18(15-22(16)27)29-25(32)21-14-17(8-9-23(21)30-10-12-35-13-11-30)28-24(31)19-4-2-3-5-20(19)26(33)34/h2-3,6-9,14-15,19-20H,4-5,10-13H2,1H3,(H,28,31)(H,29,32)(H,33,34)/t19-,20-/m0/s1. The first kappa shape index (κ1) is 24.8. The van der Waals surface area contributed by atoms with Crippen LogP contribution in [0.4, 0.5) is 17.1 Å². The monoisotopic (exact) mass is 497 g/mol. The molecule has 184 valence electrons. The highest BCUT2D eigenvalue weighted by Gasteiger charge is 2.34. The van der Waals surface area contributed by atoms with Crippen molar-refractivity contribution in [1.82, 2.24) is 0 Å². The van der Waals surface area contributed by atoms with Gasteiger partial charge < -0.3 is 25.4 Å². The van der Waals surface area contributed by atoms with Gasteiger partial charge in [-0.05, 0) is 55.7 Å². The van der Waals surface area contributed by atoms with E-state index in [1.165, 1.54) is 0 Å². The summed E-state index contributed by atoms with van der Waals surface area (Å²) in [5.41, 5.74) is 3.01. The minimum Gasteiger partial charge on any atom is -0.481 e. The van der Waals surface area contributed by atoms with E-state index >= 15 is 0 Å². The average Bonchev–Trinajstić information content (AvgIpc) is 2.86. The average molecular weight is 498 g/mol. The van der Waals surface area contributed by atoms with Crippen LogP contribution in [-0.4, -0.2) is 49.2 Å². The number of carboxylic acids is 1. The summed E-state index contributed by atoms with van der Waals surface area (Å²) in [5.74, 6) is -3.16. The maximum Gasteiger partial charge on any atom is 0.307 e. The van der Waals surface area contributed by atoms with E-state index in [4.69, 9.17) is 16.3 Å². The quantitative estimate of drug-likeness (QED) is 0.512. The van der Waals surface area contributed by atoms with Gasteiger partial charge in [-0.3, -0.25) is 14.4 Å². The van der Waals surface area contributed by atoms with Crippen molar-refractivity contribution in [3.8, 4) is 0 Å². The number of anilines is 3. The molecule has 8 nitrogen and oxygen atoms in total. The summed E-state index contributed by atoms with van der Waals surface area (Å²) in [6, 6.07) is 10.5. The first-order valence-corrected chi connectivity index (χ1v) is 11.9. The molecule has 2 aromatic rings. The summed E-state index contributed by atoms with van der Waals surface area (Å²) >= 11 is 6.22. The third-order valence-electron chi connectivity index (χ3n) is 6.38. The summed E-state index contributed by atoms with van der Waals surface area (Å²) in [4.78, 5) is 40.0. The zero-order valence-electron chi connectivity index (χ0n) is 19.4. The molecule has 0 spiro atoms. The molecule has 2 aromatic carbocycles. The number of carbonyl (C=O) groups is 3. The minimum absolute atomic E-state index is 0.316. The highest BCUT2D eigenvalue weighted by atomic mass is 35.5. The molecular weight excluding hydrogens is 470 g/mol. The summed E-state index contributed by atoms with van der Waals surface area (Å²) in [7, 11) is 0. The Morgan fingerprint density at radius 2 is 1.63 bits per heavy atom. The summed E-state index contributed by atoms with van der Waals surface area (Å²) in [5, 5.41) is 15.8. The molecule has 0 unspecified atom stereocenters. The fourth-order valence-electron chi connectivity index (χ4n) is 4.36. The summed E-state index contributed by atoms with van der Waals surface area (Å²) in [6.45, 7) is 4.26. The number of morpholine rings is 1. The molecule has 0 radical (unpaired) electrons. The number of amides is 2. The van der Waals surface area contributed by atoms with Gasteiger partial charge in [-0.2, -0.15) is 0 Å². The van der Waals surface area contributed by atoms with E-state index in [9.17, 15) is 19.5 Å². The Kier molecular flexibility index (Phi) is 7.73. The normalized spacial score (nSPS) is 19.8. The van der Waals surface area contributed by atoms with Crippen LogP contribution in [0, 0.1) is 18.8 Å². The van der Waals surface area contributed by atoms with Crippen molar-refractivity contribution in [3.05, 3.63) is 64.7 Å². The van der Waals surface area contributed by atoms with Crippen LogP contribution in [0.5, 0.6) is 0 Å². The minimum atomic E-state index is -0.992. The molecule has 2 atom stereocenters. The summed E-state index contributed by atoms with van der Waals surface area (Å²) in [6.07, 6.45) is 4.29. The number of hydrogen-bond donors (Lipinski definition) is 3. The molecule has 9 heteroatoms. The van der Waals surface area contributed by atoms with Crippen molar-refractivity contribution in [3.63, 3.8) is 0 Å². The molecule has 1 aliphatic carbocycles. The van der Waals surface area contributed by atoms with E-state index in [-0.39, 0.29) is 11.8 Å². The molecule has 1 aliphatic heterocycles. The van der Waals surface area contributed by atoms with Crippen molar-refractivity contribution >= 4 is 46.4 Å². The molecule has 0 bridgehead atoms. The van der Waals surface area contributed by atoms with Gasteiger partial charge in [0.05, 0.1) is 30.6 Å². The predicted octanol–water partition coefficient (Wildman–Crippen LogP) is 4.34. The Labute approximate surface area is 208 Å². The van der Waals surface area contributed by atoms with Crippen molar-refractivity contribution in [2.75, 3.05) is 41.8 Å². The SMILES string of the molecule is Cc1ccc(NC(=O)c2cc(NC(=O)[C@H]3CC=CC[C@@H]3C(=O)O)ccc2N2CCOCC2)cc1Cl. The smallest absolute Gasteiger partial charge is 0.307 e. The molecule has 0 saturated carbocycles. The van der Waals surface area contributed by atoms with E-state index in [1.54, 1.807) is 36.4 Å². The Bertz CT molecular complexity index is 1160. The fourth-order valence-corrected chi connectivity index (χ4v) is 4.54. The highest BCUT2D eigenvalue weighted by molar-refractivity contribution is 6.31. The lowest BCUT2D eigenvalue weighted by Crippen LogP contribution is -2.37. The second-order valence-corrected chi connectivity index (χ2v) is 9.14. The van der Waals surface area contributed by atoms with Gasteiger partial charge in [0.25, 0.3) is 5.91 Å². The van der Waals surface area contributed by atoms with Gasteiger partial charge in [-0.1, -0.05) is 29.8 Å². The third kappa shape index (κ3) is 5.83. The Balaban J connectivity index is 1.60. The largest absolute Gasteiger partial charge is 0.481 e. The van der Waals surface area contributed by atoms with Crippen molar-refractivity contribution < 1.29 is 24.2 Å². The van der Waals surface area contributed by atoms with Crippen LogP contribution >= 0.6 is 11.6 Å². The van der Waals surface area contributed by atoms with E-state index in [2.05, 4.69) is 15.5 Å². The van der Waals surface area contributed by atoms with Crippen LogP contribution in [0.15, 0.2) is 48.6 Å². The number of allylic oxidation sites excluding steroid dienone is 2. The molecule has 35 heavy (non-hydrogen) atoms. The van der Waals surface area contributed by atoms with Crippen molar-refractivity contribution in [2.45, 2.75) is 19.8 Å². The van der Waals surface area contributed by atoms with Crippen molar-refractivity contribution in [1.29, 1.82) is 0 Å². The number of benzene rings is 2. The number of aliphatic carboxylic acids is 1. The maximum absolute atomic E-state index is 13.3. The summed E-state index contributed by atoms with van der Waals surface area (Å²) < 4.78 is 5.45. The zero-order chi connectivity index (χ0) is 24.9. The Morgan fingerprint density at radius 3 is 2.31 bits per heavy atom. The van der Waals surface area contributed by atoms with Crippen LogP contribution in [0.25, 0.3) is 0 Å². The van der Waals surface area contributed by atoms with Gasteiger partial charge in [0.2, 0.25) is 5.91 Å². The second-order valence-electron chi connectivity index (χ2n) is 8.73. The maximum atomic E-state index is 13.3. The van der Waals surface area contributed by atoms with E-state index < -0.39 is 17.8 Å². The Hall–Kier alpha value is -3.36. The molecule has 0 aromatic heterocycles. The first-order valence-electron chi connectivity index (χ1n) is 11.6. The molecule has 3 N–H and O–H groups in total. The van der Waals surface area contributed by atoms with Gasteiger partial charge in [0.15, 0.2) is 0 Å². The lowest BCUT2D eigenvalue weighted by atomic mass is 9.82. The molecule has 1 fully saturated rings. The number of nitrogens with one attached hydrogen (secondary N) is 2. The molecule has 1 saturated heterocycles. The molecule has 2 amide bonds. The number of rotatable bonds is 6. The number of nitrogens with zero attached hydrogens (tertiary/aromatic N) is 1. The van der Waals surface area contributed by atoms with Crippen molar-refractivity contribution in [2.24, 2.45) is 11.8 Å².